The first kappa shape index (κ1) is 32.1. The van der Waals surface area contributed by atoms with Crippen LogP contribution < -0.4 is 0 Å². The predicted molar refractivity (Wildman–Crippen MR) is 185 cm³/mol. The molecule has 0 radical (unpaired) electrons. The Balaban J connectivity index is 1.25. The summed E-state index contributed by atoms with van der Waals surface area (Å²) in [5, 5.41) is 0. The molecule has 0 spiro atoms. The van der Waals surface area contributed by atoms with Crippen LogP contribution in [0.25, 0.3) is 0 Å². The van der Waals surface area contributed by atoms with Crippen molar-refractivity contribution in [2.24, 2.45) is 0 Å². The Kier molecular flexibility index (Phi) is 10.2. The highest BCUT2D eigenvalue weighted by molar-refractivity contribution is 6.03. The number of Topliss-reactive ketones (excluding diaryl/α,β-unsaturated/α-hetero) is 1. The van der Waals surface area contributed by atoms with Crippen molar-refractivity contribution < 1.29 is 23.7 Å². The second kappa shape index (κ2) is 15.2. The molecule has 7 rings (SSSR count). The average Bonchev–Trinajstić information content (AvgIpc) is 3.81. The molecule has 0 saturated carbocycles. The zero-order valence-corrected chi connectivity index (χ0v) is 27.0. The van der Waals surface area contributed by atoms with Gasteiger partial charge in [0, 0.05) is 12.1 Å². The Bertz CT molecular complexity index is 1720. The molecule has 6 nitrogen and oxygen atoms in total. The Hall–Kier alpha value is -4.43. The van der Waals surface area contributed by atoms with Crippen molar-refractivity contribution >= 4 is 5.78 Å². The first-order chi connectivity index (χ1) is 23.7. The van der Waals surface area contributed by atoms with E-state index in [0.717, 1.165) is 22.3 Å². The molecule has 244 valence electrons. The van der Waals surface area contributed by atoms with Gasteiger partial charge in [0.2, 0.25) is 0 Å². The SMILES string of the molecule is O=C(c1ccccc1)C1N2C[C@H](OCc3ccccc3)[C@@H](OCc3ccccc3)[C@H](OCc3ccccc3)[C@]12COCc1ccccc1. The molecule has 5 aromatic carbocycles. The highest BCUT2D eigenvalue weighted by Crippen LogP contribution is 2.53. The van der Waals surface area contributed by atoms with Gasteiger partial charge in [-0.15, -0.1) is 0 Å². The van der Waals surface area contributed by atoms with Gasteiger partial charge in [-0.05, 0) is 22.3 Å². The highest BCUT2D eigenvalue weighted by Gasteiger charge is 2.75. The molecule has 0 amide bonds. The molecule has 6 atom stereocenters. The number of fused-ring (bicyclic) bond motifs is 1. The third kappa shape index (κ3) is 7.19. The fraction of sp³-hybridized carbons (Fsp3) is 0.262. The molecular weight excluding hydrogens is 598 g/mol. The van der Waals surface area contributed by atoms with E-state index >= 15 is 0 Å². The van der Waals surface area contributed by atoms with Crippen LogP contribution in [0.5, 0.6) is 0 Å². The molecule has 5 aromatic rings. The Labute approximate surface area is 282 Å². The van der Waals surface area contributed by atoms with Crippen molar-refractivity contribution in [1.82, 2.24) is 4.90 Å². The molecule has 2 fully saturated rings. The van der Waals surface area contributed by atoms with E-state index in [0.29, 0.717) is 45.1 Å². The fourth-order valence-corrected chi connectivity index (χ4v) is 6.94. The van der Waals surface area contributed by atoms with Crippen LogP contribution in [0.1, 0.15) is 32.6 Å². The van der Waals surface area contributed by atoms with Gasteiger partial charge in [0.15, 0.2) is 5.78 Å². The van der Waals surface area contributed by atoms with Gasteiger partial charge in [-0.3, -0.25) is 9.69 Å². The summed E-state index contributed by atoms with van der Waals surface area (Å²) in [6.45, 7) is 2.42. The van der Waals surface area contributed by atoms with Crippen molar-refractivity contribution in [3.63, 3.8) is 0 Å². The summed E-state index contributed by atoms with van der Waals surface area (Å²) in [5.41, 5.74) is 4.18. The summed E-state index contributed by atoms with van der Waals surface area (Å²) < 4.78 is 27.0. The molecule has 0 aliphatic carbocycles. The molecular formula is C42H41NO5. The molecule has 2 unspecified atom stereocenters. The fourth-order valence-electron chi connectivity index (χ4n) is 6.94. The molecule has 2 aliphatic rings. The molecule has 0 N–H and O–H groups in total. The molecule has 2 heterocycles. The van der Waals surface area contributed by atoms with Crippen molar-refractivity contribution in [2.75, 3.05) is 13.2 Å². The van der Waals surface area contributed by atoms with Gasteiger partial charge in [0.1, 0.15) is 12.2 Å². The standard InChI is InChI=1S/C42H41NO5/c44-38(36-24-14-5-15-25-36)40-42(31-45-27-32-16-6-1-7-17-32)41(48-30-35-22-12-4-13-23-35)39(47-29-34-20-10-3-11-21-34)37(26-43(40)42)46-28-33-18-8-2-9-19-33/h1-25,37,39-41H,26-31H2/t37-,39+,40?,41-,42-,43?/m0/s1. The second-order valence-corrected chi connectivity index (χ2v) is 12.6. The molecule has 48 heavy (non-hydrogen) atoms. The van der Waals surface area contributed by atoms with E-state index in [1.807, 2.05) is 103 Å². The quantitative estimate of drug-likeness (QED) is 0.0887. The minimum atomic E-state index is -0.746. The smallest absolute Gasteiger partial charge is 0.182 e. The minimum absolute atomic E-state index is 0.0535. The number of ether oxygens (including phenoxy) is 4. The summed E-state index contributed by atoms with van der Waals surface area (Å²) in [4.78, 5) is 16.6. The number of piperidine rings is 1. The van der Waals surface area contributed by atoms with Crippen molar-refractivity contribution in [1.29, 1.82) is 0 Å². The summed E-state index contributed by atoms with van der Waals surface area (Å²) in [6, 6.07) is 49.7. The lowest BCUT2D eigenvalue weighted by Gasteiger charge is -2.42. The maximum Gasteiger partial charge on any atom is 0.182 e. The van der Waals surface area contributed by atoms with Crippen molar-refractivity contribution in [3.05, 3.63) is 179 Å². The topological polar surface area (TPSA) is 57.0 Å². The molecule has 2 aliphatic heterocycles. The molecule has 6 heteroatoms. The highest BCUT2D eigenvalue weighted by atomic mass is 16.6. The van der Waals surface area contributed by atoms with Gasteiger partial charge in [0.25, 0.3) is 0 Å². The maximum atomic E-state index is 14.4. The lowest BCUT2D eigenvalue weighted by Crippen LogP contribution is -2.60. The Morgan fingerprint density at radius 1 is 0.562 bits per heavy atom. The minimum Gasteiger partial charge on any atom is -0.375 e. The maximum absolute atomic E-state index is 14.4. The number of hydrogen-bond acceptors (Lipinski definition) is 6. The predicted octanol–water partition coefficient (Wildman–Crippen LogP) is 7.28. The van der Waals surface area contributed by atoms with Gasteiger partial charge in [-0.1, -0.05) is 152 Å². The lowest BCUT2D eigenvalue weighted by atomic mass is 9.86. The average molecular weight is 640 g/mol. The van der Waals surface area contributed by atoms with Crippen LogP contribution in [-0.4, -0.2) is 53.7 Å². The third-order valence-electron chi connectivity index (χ3n) is 9.40. The summed E-state index contributed by atoms with van der Waals surface area (Å²) in [6.07, 6.45) is -1.35. The number of carbonyl (C=O) groups is 1. The molecule has 0 bridgehead atoms. The van der Waals surface area contributed by atoms with Gasteiger partial charge >= 0.3 is 0 Å². The van der Waals surface area contributed by atoms with Gasteiger partial charge < -0.3 is 18.9 Å². The molecule has 2 saturated heterocycles. The number of ketones is 1. The van der Waals surface area contributed by atoms with Crippen LogP contribution in [0.2, 0.25) is 0 Å². The van der Waals surface area contributed by atoms with Crippen LogP contribution in [-0.2, 0) is 45.4 Å². The van der Waals surface area contributed by atoms with Crippen molar-refractivity contribution in [2.45, 2.75) is 56.3 Å². The third-order valence-corrected chi connectivity index (χ3v) is 9.40. The normalized spacial score (nSPS) is 24.5. The van der Waals surface area contributed by atoms with Gasteiger partial charge in [-0.2, -0.15) is 0 Å². The Morgan fingerprint density at radius 2 is 1.00 bits per heavy atom. The van der Waals surface area contributed by atoms with E-state index in [-0.39, 0.29) is 11.9 Å². The van der Waals surface area contributed by atoms with Crippen LogP contribution >= 0.6 is 0 Å². The van der Waals surface area contributed by atoms with E-state index in [4.69, 9.17) is 18.9 Å². The van der Waals surface area contributed by atoms with Crippen molar-refractivity contribution in [3.8, 4) is 0 Å². The summed E-state index contributed by atoms with van der Waals surface area (Å²) >= 11 is 0. The first-order valence-electron chi connectivity index (χ1n) is 16.7. The Morgan fingerprint density at radius 3 is 1.52 bits per heavy atom. The van der Waals surface area contributed by atoms with E-state index in [9.17, 15) is 4.79 Å². The molecule has 0 aromatic heterocycles. The number of carbonyl (C=O) groups excluding carboxylic acids is 1. The monoisotopic (exact) mass is 639 g/mol. The number of rotatable bonds is 15. The largest absolute Gasteiger partial charge is 0.375 e. The zero-order valence-electron chi connectivity index (χ0n) is 27.0. The summed E-state index contributed by atoms with van der Waals surface area (Å²) in [7, 11) is 0. The number of nitrogens with zero attached hydrogens (tertiary/aromatic N) is 1. The van der Waals surface area contributed by atoms with Crippen LogP contribution in [0, 0.1) is 0 Å². The van der Waals surface area contributed by atoms with Crippen LogP contribution in [0.15, 0.2) is 152 Å². The van der Waals surface area contributed by atoms with Crippen LogP contribution in [0.3, 0.4) is 0 Å². The van der Waals surface area contributed by atoms with Gasteiger partial charge in [0.05, 0.1) is 50.7 Å². The van der Waals surface area contributed by atoms with E-state index in [2.05, 4.69) is 53.4 Å². The first-order valence-corrected chi connectivity index (χ1v) is 16.7. The lowest BCUT2D eigenvalue weighted by molar-refractivity contribution is -0.191. The van der Waals surface area contributed by atoms with E-state index < -0.39 is 23.8 Å². The zero-order chi connectivity index (χ0) is 32.6. The number of benzene rings is 5. The van der Waals surface area contributed by atoms with Crippen LogP contribution in [0.4, 0.5) is 0 Å². The summed E-state index contributed by atoms with van der Waals surface area (Å²) in [5.74, 6) is 0.0535. The number of hydrogen-bond donors (Lipinski definition) is 0. The van der Waals surface area contributed by atoms with Gasteiger partial charge in [-0.25, -0.2) is 0 Å². The van der Waals surface area contributed by atoms with E-state index in [1.165, 1.54) is 0 Å². The van der Waals surface area contributed by atoms with E-state index in [1.54, 1.807) is 0 Å². The second-order valence-electron chi connectivity index (χ2n) is 12.6.